The van der Waals surface area contributed by atoms with Gasteiger partial charge >= 0.3 is 0 Å². The first-order valence-corrected chi connectivity index (χ1v) is 6.29. The molecule has 2 N–H and O–H groups in total. The van der Waals surface area contributed by atoms with E-state index in [0.717, 1.165) is 12.8 Å². The molecule has 0 bridgehead atoms. The number of benzene rings is 1. The lowest BCUT2D eigenvalue weighted by atomic mass is 10.1. The van der Waals surface area contributed by atoms with E-state index >= 15 is 0 Å². The van der Waals surface area contributed by atoms with Crippen molar-refractivity contribution >= 4 is 23.2 Å². The van der Waals surface area contributed by atoms with Crippen molar-refractivity contribution in [3.8, 4) is 0 Å². The molecule has 0 aromatic heterocycles. The van der Waals surface area contributed by atoms with Crippen LogP contribution in [0.1, 0.15) is 36.0 Å². The molecule has 0 aliphatic heterocycles. The quantitative estimate of drug-likeness (QED) is 0.823. The largest absolute Gasteiger partial charge is 0.399 e. The van der Waals surface area contributed by atoms with Crippen LogP contribution in [-0.2, 0) is 0 Å². The molecule has 1 aliphatic rings. The van der Waals surface area contributed by atoms with Crippen LogP contribution in [0.3, 0.4) is 0 Å². The van der Waals surface area contributed by atoms with Gasteiger partial charge in [-0.1, -0.05) is 24.4 Å². The minimum atomic E-state index is -0.0121. The van der Waals surface area contributed by atoms with E-state index in [0.29, 0.717) is 22.3 Å². The number of hydrogen-bond donors (Lipinski definition) is 1. The van der Waals surface area contributed by atoms with Gasteiger partial charge in [0.05, 0.1) is 10.6 Å². The van der Waals surface area contributed by atoms with Crippen LogP contribution in [0.2, 0.25) is 5.02 Å². The Bertz CT molecular complexity index is 427. The van der Waals surface area contributed by atoms with Crippen LogP contribution < -0.4 is 5.73 Å². The molecule has 0 saturated heterocycles. The Morgan fingerprint density at radius 1 is 1.41 bits per heavy atom. The maximum atomic E-state index is 12.3. The van der Waals surface area contributed by atoms with Crippen LogP contribution in [-0.4, -0.2) is 23.9 Å². The van der Waals surface area contributed by atoms with Crippen LogP contribution >= 0.6 is 11.6 Å². The molecule has 0 unspecified atom stereocenters. The minimum Gasteiger partial charge on any atom is -0.399 e. The summed E-state index contributed by atoms with van der Waals surface area (Å²) in [6.45, 7) is 0. The second kappa shape index (κ2) is 4.96. The maximum absolute atomic E-state index is 12.3. The van der Waals surface area contributed by atoms with E-state index < -0.39 is 0 Å². The molecule has 0 radical (unpaired) electrons. The van der Waals surface area contributed by atoms with E-state index in [1.165, 1.54) is 12.8 Å². The number of halogens is 1. The van der Waals surface area contributed by atoms with E-state index in [1.807, 2.05) is 11.9 Å². The Hall–Kier alpha value is -1.22. The normalized spacial score (nSPS) is 16.1. The molecule has 3 nitrogen and oxygen atoms in total. The third-order valence-electron chi connectivity index (χ3n) is 3.42. The number of amides is 1. The standard InChI is InChI=1S/C13H17ClN2O/c1-16(10-4-2-3-5-10)13(17)11-7-6-9(15)8-12(11)14/h6-8,10H,2-5,15H2,1H3. The third kappa shape index (κ3) is 2.55. The van der Waals surface area contributed by atoms with Crippen LogP contribution in [0.25, 0.3) is 0 Å². The number of rotatable bonds is 2. The van der Waals surface area contributed by atoms with Gasteiger partial charge < -0.3 is 10.6 Å². The average molecular weight is 253 g/mol. The highest BCUT2D eigenvalue weighted by molar-refractivity contribution is 6.34. The van der Waals surface area contributed by atoms with E-state index in [2.05, 4.69) is 0 Å². The topological polar surface area (TPSA) is 46.3 Å². The predicted octanol–water partition coefficient (Wildman–Crippen LogP) is 2.94. The molecule has 0 atom stereocenters. The van der Waals surface area contributed by atoms with Crippen molar-refractivity contribution in [3.63, 3.8) is 0 Å². The molecule has 1 aromatic carbocycles. The monoisotopic (exact) mass is 252 g/mol. The Morgan fingerprint density at radius 3 is 2.65 bits per heavy atom. The van der Waals surface area contributed by atoms with Crippen molar-refractivity contribution in [1.29, 1.82) is 0 Å². The number of anilines is 1. The number of carbonyl (C=O) groups is 1. The van der Waals surface area contributed by atoms with Gasteiger partial charge in [-0.05, 0) is 31.0 Å². The second-order valence-corrected chi connectivity index (χ2v) is 5.00. The number of hydrogen-bond acceptors (Lipinski definition) is 2. The second-order valence-electron chi connectivity index (χ2n) is 4.59. The summed E-state index contributed by atoms with van der Waals surface area (Å²) in [5.41, 5.74) is 6.73. The summed E-state index contributed by atoms with van der Waals surface area (Å²) in [4.78, 5) is 14.1. The number of nitrogen functional groups attached to an aromatic ring is 1. The molecule has 2 rings (SSSR count). The summed E-state index contributed by atoms with van der Waals surface area (Å²) >= 11 is 6.05. The van der Waals surface area contributed by atoms with E-state index in [1.54, 1.807) is 18.2 Å². The molecule has 4 heteroatoms. The van der Waals surface area contributed by atoms with E-state index in [-0.39, 0.29) is 5.91 Å². The Kier molecular flexibility index (Phi) is 3.57. The highest BCUT2D eigenvalue weighted by Gasteiger charge is 2.25. The number of nitrogens with zero attached hydrogens (tertiary/aromatic N) is 1. The van der Waals surface area contributed by atoms with Gasteiger partial charge in [-0.2, -0.15) is 0 Å². The minimum absolute atomic E-state index is 0.0121. The van der Waals surface area contributed by atoms with Crippen molar-refractivity contribution < 1.29 is 4.79 Å². The maximum Gasteiger partial charge on any atom is 0.255 e. The lowest BCUT2D eigenvalue weighted by Crippen LogP contribution is -2.35. The molecular formula is C13H17ClN2O. The fourth-order valence-electron chi connectivity index (χ4n) is 2.35. The first-order chi connectivity index (χ1) is 8.09. The van der Waals surface area contributed by atoms with Gasteiger partial charge in [-0.25, -0.2) is 0 Å². The molecule has 92 valence electrons. The lowest BCUT2D eigenvalue weighted by Gasteiger charge is -2.24. The Morgan fingerprint density at radius 2 is 2.06 bits per heavy atom. The predicted molar refractivity (Wildman–Crippen MR) is 70.2 cm³/mol. The van der Waals surface area contributed by atoms with Crippen molar-refractivity contribution in [3.05, 3.63) is 28.8 Å². The number of carbonyl (C=O) groups excluding carboxylic acids is 1. The smallest absolute Gasteiger partial charge is 0.255 e. The first-order valence-electron chi connectivity index (χ1n) is 5.92. The van der Waals surface area contributed by atoms with Crippen molar-refractivity contribution in [2.45, 2.75) is 31.7 Å². The van der Waals surface area contributed by atoms with Crippen molar-refractivity contribution in [2.24, 2.45) is 0 Å². The highest BCUT2D eigenvalue weighted by Crippen LogP contribution is 2.26. The van der Waals surface area contributed by atoms with Crippen LogP contribution in [0.4, 0.5) is 5.69 Å². The van der Waals surface area contributed by atoms with Gasteiger partial charge in [0.15, 0.2) is 0 Å². The molecule has 1 fully saturated rings. The summed E-state index contributed by atoms with van der Waals surface area (Å²) in [6.07, 6.45) is 4.60. The van der Waals surface area contributed by atoms with E-state index in [4.69, 9.17) is 17.3 Å². The molecule has 1 aliphatic carbocycles. The van der Waals surface area contributed by atoms with Crippen LogP contribution in [0.15, 0.2) is 18.2 Å². The summed E-state index contributed by atoms with van der Waals surface area (Å²) in [5, 5.41) is 0.430. The zero-order valence-electron chi connectivity index (χ0n) is 9.95. The fourth-order valence-corrected chi connectivity index (χ4v) is 2.62. The van der Waals surface area contributed by atoms with Gasteiger partial charge in [0, 0.05) is 18.8 Å². The zero-order valence-corrected chi connectivity index (χ0v) is 10.7. The summed E-state index contributed by atoms with van der Waals surface area (Å²) in [7, 11) is 1.85. The van der Waals surface area contributed by atoms with Gasteiger partial charge in [-0.15, -0.1) is 0 Å². The average Bonchev–Trinajstić information content (AvgIpc) is 2.80. The van der Waals surface area contributed by atoms with E-state index in [9.17, 15) is 4.79 Å². The molecular weight excluding hydrogens is 236 g/mol. The Balaban J connectivity index is 2.18. The van der Waals surface area contributed by atoms with Crippen molar-refractivity contribution in [1.82, 2.24) is 4.90 Å². The summed E-state index contributed by atoms with van der Waals surface area (Å²) in [5.74, 6) is -0.0121. The summed E-state index contributed by atoms with van der Waals surface area (Å²) < 4.78 is 0. The highest BCUT2D eigenvalue weighted by atomic mass is 35.5. The lowest BCUT2D eigenvalue weighted by molar-refractivity contribution is 0.0735. The van der Waals surface area contributed by atoms with Gasteiger partial charge in [0.2, 0.25) is 0 Å². The zero-order chi connectivity index (χ0) is 12.4. The number of nitrogens with two attached hydrogens (primary N) is 1. The Labute approximate surface area is 107 Å². The third-order valence-corrected chi connectivity index (χ3v) is 3.73. The van der Waals surface area contributed by atoms with Gasteiger partial charge in [0.1, 0.15) is 0 Å². The first kappa shape index (κ1) is 12.2. The SMILES string of the molecule is CN(C(=O)c1ccc(N)cc1Cl)C1CCCC1. The molecule has 1 saturated carbocycles. The van der Waals surface area contributed by atoms with Crippen LogP contribution in [0.5, 0.6) is 0 Å². The molecule has 1 aromatic rings. The van der Waals surface area contributed by atoms with Crippen molar-refractivity contribution in [2.75, 3.05) is 12.8 Å². The van der Waals surface area contributed by atoms with Gasteiger partial charge in [0.25, 0.3) is 5.91 Å². The molecule has 1 amide bonds. The molecule has 0 heterocycles. The molecule has 0 spiro atoms. The summed E-state index contributed by atoms with van der Waals surface area (Å²) in [6, 6.07) is 5.39. The van der Waals surface area contributed by atoms with Gasteiger partial charge in [-0.3, -0.25) is 4.79 Å². The fraction of sp³-hybridized carbons (Fsp3) is 0.462. The van der Waals surface area contributed by atoms with Crippen LogP contribution in [0, 0.1) is 0 Å². The molecule has 17 heavy (non-hydrogen) atoms.